The van der Waals surface area contributed by atoms with Gasteiger partial charge in [0.25, 0.3) is 11.6 Å². The number of hydrogen-bond donors (Lipinski definition) is 1. The highest BCUT2D eigenvalue weighted by Crippen LogP contribution is 2.23. The van der Waals surface area contributed by atoms with Gasteiger partial charge in [0.2, 0.25) is 0 Å². The van der Waals surface area contributed by atoms with Gasteiger partial charge in [-0.1, -0.05) is 6.07 Å². The first kappa shape index (κ1) is 17.8. The van der Waals surface area contributed by atoms with Crippen LogP contribution in [0.15, 0.2) is 42.5 Å². The van der Waals surface area contributed by atoms with Gasteiger partial charge in [0.05, 0.1) is 16.7 Å². The van der Waals surface area contributed by atoms with Gasteiger partial charge in [-0.05, 0) is 37.1 Å². The quantitative estimate of drug-likeness (QED) is 0.628. The molecule has 1 fully saturated rings. The summed E-state index contributed by atoms with van der Waals surface area (Å²) in [4.78, 5) is 22.5. The second kappa shape index (κ2) is 7.92. The zero-order valence-corrected chi connectivity index (χ0v) is 13.8. The van der Waals surface area contributed by atoms with Crippen LogP contribution in [-0.4, -0.2) is 30.1 Å². The largest absolute Gasteiger partial charge is 0.491 e. The number of hydrogen-bond acceptors (Lipinski definition) is 5. The Hall–Kier alpha value is -3.00. The number of ether oxygens (including phenoxy) is 2. The molecule has 7 nitrogen and oxygen atoms in total. The van der Waals surface area contributed by atoms with Crippen molar-refractivity contribution in [2.75, 3.05) is 18.5 Å². The van der Waals surface area contributed by atoms with Crippen molar-refractivity contribution in [1.29, 1.82) is 0 Å². The maximum atomic E-state index is 13.8. The summed E-state index contributed by atoms with van der Waals surface area (Å²) in [6.45, 7) is 1.12. The van der Waals surface area contributed by atoms with Crippen molar-refractivity contribution in [3.8, 4) is 5.75 Å². The molecular formula is C18H17FN2O5. The summed E-state index contributed by atoms with van der Waals surface area (Å²) in [5, 5.41) is 13.1. The molecule has 1 aliphatic heterocycles. The number of non-ortho nitro benzene ring substituents is 1. The van der Waals surface area contributed by atoms with Gasteiger partial charge in [0, 0.05) is 24.3 Å². The third kappa shape index (κ3) is 4.34. The molecule has 1 unspecified atom stereocenters. The van der Waals surface area contributed by atoms with Crippen molar-refractivity contribution in [3.05, 3.63) is 64.0 Å². The van der Waals surface area contributed by atoms with Gasteiger partial charge in [-0.2, -0.15) is 0 Å². The molecule has 1 N–H and O–H groups in total. The maximum absolute atomic E-state index is 13.8. The van der Waals surface area contributed by atoms with Crippen molar-refractivity contribution in [1.82, 2.24) is 0 Å². The Balaban J connectivity index is 1.68. The van der Waals surface area contributed by atoms with E-state index in [1.54, 1.807) is 18.2 Å². The van der Waals surface area contributed by atoms with Gasteiger partial charge < -0.3 is 14.8 Å². The first-order valence-electron chi connectivity index (χ1n) is 8.12. The molecular weight excluding hydrogens is 343 g/mol. The van der Waals surface area contributed by atoms with Gasteiger partial charge in [-0.3, -0.25) is 14.9 Å². The third-order valence-corrected chi connectivity index (χ3v) is 3.97. The van der Waals surface area contributed by atoms with Crippen LogP contribution in [0.3, 0.4) is 0 Å². The van der Waals surface area contributed by atoms with Crippen molar-refractivity contribution >= 4 is 17.3 Å². The average molecular weight is 360 g/mol. The van der Waals surface area contributed by atoms with Crippen LogP contribution in [0.2, 0.25) is 0 Å². The second-order valence-electron chi connectivity index (χ2n) is 5.85. The normalized spacial score (nSPS) is 16.3. The van der Waals surface area contributed by atoms with Crippen molar-refractivity contribution in [2.24, 2.45) is 0 Å². The van der Waals surface area contributed by atoms with E-state index in [1.165, 1.54) is 6.07 Å². The van der Waals surface area contributed by atoms with E-state index in [9.17, 15) is 19.3 Å². The molecule has 0 bridgehead atoms. The van der Waals surface area contributed by atoms with E-state index in [0.29, 0.717) is 12.4 Å². The van der Waals surface area contributed by atoms with Gasteiger partial charge in [0.15, 0.2) is 0 Å². The molecule has 0 radical (unpaired) electrons. The fraction of sp³-hybridized carbons (Fsp3) is 0.278. The standard InChI is InChI=1S/C18H17FN2O5/c19-16-7-6-13(21(23)24)10-17(16)20-18(22)12-3-1-4-14(9-12)26-11-15-5-2-8-25-15/h1,3-4,6-7,9-10,15H,2,5,8,11H2,(H,20,22). The lowest BCUT2D eigenvalue weighted by Crippen LogP contribution is -2.17. The molecule has 0 aromatic heterocycles. The Bertz CT molecular complexity index is 821. The van der Waals surface area contributed by atoms with Crippen LogP contribution in [0.4, 0.5) is 15.8 Å². The summed E-state index contributed by atoms with van der Waals surface area (Å²) in [5.74, 6) is -0.852. The van der Waals surface area contributed by atoms with Crippen molar-refractivity contribution in [3.63, 3.8) is 0 Å². The molecule has 2 aromatic rings. The van der Waals surface area contributed by atoms with Gasteiger partial charge in [0.1, 0.15) is 18.2 Å². The minimum absolute atomic E-state index is 0.0476. The highest BCUT2D eigenvalue weighted by Gasteiger charge is 2.17. The monoisotopic (exact) mass is 360 g/mol. The Morgan fingerprint density at radius 2 is 2.19 bits per heavy atom. The molecule has 8 heteroatoms. The van der Waals surface area contributed by atoms with Gasteiger partial charge >= 0.3 is 0 Å². The number of rotatable bonds is 6. The third-order valence-electron chi connectivity index (χ3n) is 3.97. The molecule has 1 heterocycles. The predicted molar refractivity (Wildman–Crippen MR) is 91.9 cm³/mol. The lowest BCUT2D eigenvalue weighted by atomic mass is 10.2. The fourth-order valence-corrected chi connectivity index (χ4v) is 2.61. The molecule has 0 spiro atoms. The summed E-state index contributed by atoms with van der Waals surface area (Å²) < 4.78 is 24.9. The molecule has 26 heavy (non-hydrogen) atoms. The number of halogens is 1. The van der Waals surface area contributed by atoms with Gasteiger partial charge in [-0.15, -0.1) is 0 Å². The molecule has 1 atom stereocenters. The molecule has 0 aliphatic carbocycles. The molecule has 0 saturated carbocycles. The van der Waals surface area contributed by atoms with E-state index in [0.717, 1.165) is 37.6 Å². The summed E-state index contributed by atoms with van der Waals surface area (Å²) in [7, 11) is 0. The van der Waals surface area contributed by atoms with Crippen molar-refractivity contribution < 1.29 is 23.6 Å². The molecule has 136 valence electrons. The first-order valence-corrected chi connectivity index (χ1v) is 8.12. The van der Waals surface area contributed by atoms with Crippen LogP contribution >= 0.6 is 0 Å². The lowest BCUT2D eigenvalue weighted by Gasteiger charge is -2.12. The zero-order valence-electron chi connectivity index (χ0n) is 13.8. The number of benzene rings is 2. The van der Waals surface area contributed by atoms with Crippen LogP contribution in [0, 0.1) is 15.9 Å². The van der Waals surface area contributed by atoms with Crippen LogP contribution in [0.5, 0.6) is 5.75 Å². The smallest absolute Gasteiger partial charge is 0.271 e. The average Bonchev–Trinajstić information content (AvgIpc) is 3.15. The number of carbonyl (C=O) groups excluding carboxylic acids is 1. The van der Waals surface area contributed by atoms with E-state index in [2.05, 4.69) is 5.32 Å². The maximum Gasteiger partial charge on any atom is 0.271 e. The molecule has 1 saturated heterocycles. The highest BCUT2D eigenvalue weighted by atomic mass is 19.1. The molecule has 1 aliphatic rings. The first-order chi connectivity index (χ1) is 12.5. The number of nitrogens with zero attached hydrogens (tertiary/aromatic N) is 1. The Morgan fingerprint density at radius 3 is 2.92 bits per heavy atom. The zero-order chi connectivity index (χ0) is 18.5. The molecule has 1 amide bonds. The van der Waals surface area contributed by atoms with E-state index < -0.39 is 16.6 Å². The number of carbonyl (C=O) groups is 1. The predicted octanol–water partition coefficient (Wildman–Crippen LogP) is 3.54. The Labute approximate surface area is 148 Å². The van der Waals surface area contributed by atoms with E-state index >= 15 is 0 Å². The number of nitro benzene ring substituents is 1. The van der Waals surface area contributed by atoms with Crippen molar-refractivity contribution in [2.45, 2.75) is 18.9 Å². The minimum atomic E-state index is -0.755. The summed E-state index contributed by atoms with van der Waals surface area (Å²) >= 11 is 0. The molecule has 3 rings (SSSR count). The molecule has 2 aromatic carbocycles. The summed E-state index contributed by atoms with van der Waals surface area (Å²) in [6.07, 6.45) is 1.99. The van der Waals surface area contributed by atoms with E-state index in [4.69, 9.17) is 9.47 Å². The number of anilines is 1. The summed E-state index contributed by atoms with van der Waals surface area (Å²) in [6, 6.07) is 9.37. The van der Waals surface area contributed by atoms with E-state index in [-0.39, 0.29) is 23.0 Å². The number of amides is 1. The summed E-state index contributed by atoms with van der Waals surface area (Å²) in [5.41, 5.74) is -0.314. The van der Waals surface area contributed by atoms with Crippen LogP contribution in [0.25, 0.3) is 0 Å². The van der Waals surface area contributed by atoms with Crippen LogP contribution < -0.4 is 10.1 Å². The van der Waals surface area contributed by atoms with Gasteiger partial charge in [-0.25, -0.2) is 4.39 Å². The number of nitrogens with one attached hydrogen (secondary N) is 1. The Kier molecular flexibility index (Phi) is 5.43. The Morgan fingerprint density at radius 1 is 1.35 bits per heavy atom. The number of nitro groups is 1. The van der Waals surface area contributed by atoms with Crippen LogP contribution in [0.1, 0.15) is 23.2 Å². The van der Waals surface area contributed by atoms with E-state index in [1.807, 2.05) is 0 Å². The SMILES string of the molecule is O=C(Nc1cc([N+](=O)[O-])ccc1F)c1cccc(OCC2CCCO2)c1. The lowest BCUT2D eigenvalue weighted by molar-refractivity contribution is -0.384. The highest BCUT2D eigenvalue weighted by molar-refractivity contribution is 6.04. The topological polar surface area (TPSA) is 90.7 Å². The second-order valence-corrected chi connectivity index (χ2v) is 5.85. The van der Waals surface area contributed by atoms with Crippen LogP contribution in [-0.2, 0) is 4.74 Å². The fourth-order valence-electron chi connectivity index (χ4n) is 2.61. The minimum Gasteiger partial charge on any atom is -0.491 e.